The van der Waals surface area contributed by atoms with Crippen molar-refractivity contribution >= 4 is 5.69 Å². The second kappa shape index (κ2) is 3.16. The molecule has 0 saturated carbocycles. The molecule has 15 heavy (non-hydrogen) atoms. The van der Waals surface area contributed by atoms with E-state index in [4.69, 9.17) is 10.5 Å². The number of aryl methyl sites for hydroxylation is 1. The van der Waals surface area contributed by atoms with Gasteiger partial charge < -0.3 is 10.5 Å². The second-order valence-corrected chi connectivity index (χ2v) is 5.31. The predicted octanol–water partition coefficient (Wildman–Crippen LogP) is 2.81. The van der Waals surface area contributed by atoms with E-state index in [1.165, 1.54) is 16.7 Å². The van der Waals surface area contributed by atoms with Gasteiger partial charge in [0.25, 0.3) is 0 Å². The number of ether oxygens (including phenoxy) is 1. The van der Waals surface area contributed by atoms with Crippen LogP contribution in [0, 0.1) is 6.92 Å². The van der Waals surface area contributed by atoms with Gasteiger partial charge in [0, 0.05) is 23.2 Å². The minimum atomic E-state index is 0.118. The highest BCUT2D eigenvalue weighted by Crippen LogP contribution is 2.41. The van der Waals surface area contributed by atoms with Crippen LogP contribution in [0.1, 0.15) is 37.5 Å². The van der Waals surface area contributed by atoms with E-state index in [0.717, 1.165) is 24.5 Å². The molecule has 1 aliphatic heterocycles. The molecule has 0 saturated heterocycles. The number of anilines is 1. The van der Waals surface area contributed by atoms with Gasteiger partial charge >= 0.3 is 0 Å². The largest absolute Gasteiger partial charge is 0.493 e. The van der Waals surface area contributed by atoms with Gasteiger partial charge in [-0.3, -0.25) is 0 Å². The van der Waals surface area contributed by atoms with Gasteiger partial charge in [-0.25, -0.2) is 0 Å². The molecule has 2 nitrogen and oxygen atoms in total. The zero-order valence-electron chi connectivity index (χ0n) is 9.98. The van der Waals surface area contributed by atoms with Gasteiger partial charge in [-0.15, -0.1) is 0 Å². The van der Waals surface area contributed by atoms with Crippen LogP contribution in [0.4, 0.5) is 5.69 Å². The Labute approximate surface area is 91.4 Å². The molecule has 82 valence electrons. The first-order valence-electron chi connectivity index (χ1n) is 5.46. The van der Waals surface area contributed by atoms with Crippen LogP contribution in [-0.4, -0.2) is 6.61 Å². The van der Waals surface area contributed by atoms with E-state index in [1.807, 2.05) is 0 Å². The fraction of sp³-hybridized carbons (Fsp3) is 0.538. The number of nitrogens with two attached hydrogens (primary N) is 1. The molecule has 0 radical (unpaired) electrons. The maximum atomic E-state index is 6.07. The molecule has 2 heteroatoms. The molecule has 0 unspecified atom stereocenters. The van der Waals surface area contributed by atoms with Crippen LogP contribution in [0.2, 0.25) is 0 Å². The summed E-state index contributed by atoms with van der Waals surface area (Å²) in [7, 11) is 0. The van der Waals surface area contributed by atoms with Crippen LogP contribution in [0.3, 0.4) is 0 Å². The first-order chi connectivity index (χ1) is 6.91. The fourth-order valence-corrected chi connectivity index (χ4v) is 2.11. The van der Waals surface area contributed by atoms with Gasteiger partial charge in [0.05, 0.1) is 6.61 Å². The van der Waals surface area contributed by atoms with E-state index >= 15 is 0 Å². The van der Waals surface area contributed by atoms with E-state index in [0.29, 0.717) is 0 Å². The Morgan fingerprint density at radius 2 is 2.00 bits per heavy atom. The Bertz CT molecular complexity index is 402. The monoisotopic (exact) mass is 205 g/mol. The summed E-state index contributed by atoms with van der Waals surface area (Å²) in [5, 5.41) is 0. The van der Waals surface area contributed by atoms with Crippen LogP contribution in [-0.2, 0) is 11.8 Å². The molecule has 1 heterocycles. The normalized spacial score (nSPS) is 14.9. The number of hydrogen-bond acceptors (Lipinski definition) is 2. The quantitative estimate of drug-likeness (QED) is 0.661. The Kier molecular flexibility index (Phi) is 2.18. The first kappa shape index (κ1) is 10.3. The predicted molar refractivity (Wildman–Crippen MR) is 63.5 cm³/mol. The molecular formula is C13H19NO. The molecule has 0 bridgehead atoms. The van der Waals surface area contributed by atoms with Crippen molar-refractivity contribution in [3.63, 3.8) is 0 Å². The molecule has 0 spiro atoms. The maximum Gasteiger partial charge on any atom is 0.128 e. The molecule has 1 aromatic carbocycles. The maximum absolute atomic E-state index is 6.07. The summed E-state index contributed by atoms with van der Waals surface area (Å²) in [6.07, 6.45) is 0.950. The van der Waals surface area contributed by atoms with E-state index in [9.17, 15) is 0 Å². The van der Waals surface area contributed by atoms with E-state index in [-0.39, 0.29) is 5.41 Å². The standard InChI is InChI=1S/C13H19NO/c1-8-7-10(13(2,3)4)12-9(11(8)14)5-6-15-12/h7H,5-6,14H2,1-4H3. The molecule has 2 rings (SSSR count). The SMILES string of the molecule is Cc1cc(C(C)(C)C)c2c(c1N)CCO2. The molecule has 0 fully saturated rings. The Balaban J connectivity index is 2.68. The number of fused-ring (bicyclic) bond motifs is 1. The third kappa shape index (κ3) is 1.58. The molecule has 2 N–H and O–H groups in total. The first-order valence-corrected chi connectivity index (χ1v) is 5.46. The van der Waals surface area contributed by atoms with Crippen molar-refractivity contribution in [1.29, 1.82) is 0 Å². The number of benzene rings is 1. The van der Waals surface area contributed by atoms with Crippen LogP contribution in [0.25, 0.3) is 0 Å². The summed E-state index contributed by atoms with van der Waals surface area (Å²) < 4.78 is 5.71. The Morgan fingerprint density at radius 3 is 2.60 bits per heavy atom. The molecule has 1 aliphatic rings. The van der Waals surface area contributed by atoms with Gasteiger partial charge in [0.1, 0.15) is 5.75 Å². The zero-order chi connectivity index (χ0) is 11.2. The highest BCUT2D eigenvalue weighted by molar-refractivity contribution is 5.65. The third-order valence-corrected chi connectivity index (χ3v) is 3.04. The summed E-state index contributed by atoms with van der Waals surface area (Å²) in [6.45, 7) is 9.47. The lowest BCUT2D eigenvalue weighted by Crippen LogP contribution is -2.13. The van der Waals surface area contributed by atoms with E-state index in [1.54, 1.807) is 0 Å². The molecule has 1 aromatic rings. The zero-order valence-corrected chi connectivity index (χ0v) is 9.98. The fourth-order valence-electron chi connectivity index (χ4n) is 2.11. The Hall–Kier alpha value is -1.18. The topological polar surface area (TPSA) is 35.2 Å². The summed E-state index contributed by atoms with van der Waals surface area (Å²) in [5.41, 5.74) is 10.8. The van der Waals surface area contributed by atoms with Gasteiger partial charge in [-0.2, -0.15) is 0 Å². The van der Waals surface area contributed by atoms with Crippen molar-refractivity contribution in [1.82, 2.24) is 0 Å². The van der Waals surface area contributed by atoms with Crippen LogP contribution >= 0.6 is 0 Å². The highest BCUT2D eigenvalue weighted by atomic mass is 16.5. The lowest BCUT2D eigenvalue weighted by molar-refractivity contribution is 0.347. The third-order valence-electron chi connectivity index (χ3n) is 3.04. The van der Waals surface area contributed by atoms with Gasteiger partial charge in [0.15, 0.2) is 0 Å². The molecule has 0 amide bonds. The average Bonchev–Trinajstić information content (AvgIpc) is 2.57. The van der Waals surface area contributed by atoms with Crippen LogP contribution < -0.4 is 10.5 Å². The second-order valence-electron chi connectivity index (χ2n) is 5.31. The minimum absolute atomic E-state index is 0.118. The number of hydrogen-bond donors (Lipinski definition) is 1. The van der Waals surface area contributed by atoms with Crippen molar-refractivity contribution in [2.45, 2.75) is 39.5 Å². The van der Waals surface area contributed by atoms with Crippen molar-refractivity contribution in [2.75, 3.05) is 12.3 Å². The van der Waals surface area contributed by atoms with Crippen molar-refractivity contribution in [3.8, 4) is 5.75 Å². The Morgan fingerprint density at radius 1 is 1.33 bits per heavy atom. The van der Waals surface area contributed by atoms with Gasteiger partial charge in [0.2, 0.25) is 0 Å². The lowest BCUT2D eigenvalue weighted by Gasteiger charge is -2.23. The van der Waals surface area contributed by atoms with Crippen molar-refractivity contribution < 1.29 is 4.74 Å². The van der Waals surface area contributed by atoms with Crippen LogP contribution in [0.5, 0.6) is 5.75 Å². The number of nitrogen functional groups attached to an aromatic ring is 1. The molecular weight excluding hydrogens is 186 g/mol. The van der Waals surface area contributed by atoms with E-state index < -0.39 is 0 Å². The van der Waals surface area contributed by atoms with E-state index in [2.05, 4.69) is 33.8 Å². The molecule has 0 atom stereocenters. The summed E-state index contributed by atoms with van der Waals surface area (Å²) in [4.78, 5) is 0. The smallest absolute Gasteiger partial charge is 0.128 e. The van der Waals surface area contributed by atoms with Gasteiger partial charge in [-0.05, 0) is 24.0 Å². The lowest BCUT2D eigenvalue weighted by atomic mass is 9.83. The van der Waals surface area contributed by atoms with Crippen molar-refractivity contribution in [3.05, 3.63) is 22.8 Å². The summed E-state index contributed by atoms with van der Waals surface area (Å²) in [5.74, 6) is 1.03. The molecule has 0 aliphatic carbocycles. The summed E-state index contributed by atoms with van der Waals surface area (Å²) in [6, 6.07) is 2.17. The summed E-state index contributed by atoms with van der Waals surface area (Å²) >= 11 is 0. The van der Waals surface area contributed by atoms with Crippen LogP contribution in [0.15, 0.2) is 6.07 Å². The number of rotatable bonds is 0. The van der Waals surface area contributed by atoms with Crippen molar-refractivity contribution in [2.24, 2.45) is 0 Å². The average molecular weight is 205 g/mol. The molecule has 0 aromatic heterocycles. The highest BCUT2D eigenvalue weighted by Gasteiger charge is 2.27. The minimum Gasteiger partial charge on any atom is -0.493 e. The van der Waals surface area contributed by atoms with Gasteiger partial charge in [-0.1, -0.05) is 20.8 Å².